The van der Waals surface area contributed by atoms with Gasteiger partial charge in [0.25, 0.3) is 0 Å². The number of hydrogen-bond donors (Lipinski definition) is 1. The highest BCUT2D eigenvalue weighted by atomic mass is 19.4. The van der Waals surface area contributed by atoms with Crippen molar-refractivity contribution >= 4 is 17.8 Å². The number of nitrogens with zero attached hydrogens (tertiary/aromatic N) is 1. The van der Waals surface area contributed by atoms with Crippen molar-refractivity contribution in [2.24, 2.45) is 0 Å². The lowest BCUT2D eigenvalue weighted by Crippen LogP contribution is -2.45. The lowest BCUT2D eigenvalue weighted by Gasteiger charge is -2.34. The third-order valence-electron chi connectivity index (χ3n) is 5.28. The van der Waals surface area contributed by atoms with Crippen molar-refractivity contribution in [1.82, 2.24) is 10.2 Å². The number of amides is 2. The molecule has 31 heavy (non-hydrogen) atoms. The molecule has 0 saturated carbocycles. The minimum absolute atomic E-state index is 0.0684. The maximum absolute atomic E-state index is 12.9. The third kappa shape index (κ3) is 5.86. The number of esters is 1. The summed E-state index contributed by atoms with van der Waals surface area (Å²) in [6.45, 7) is 6.76. The summed E-state index contributed by atoms with van der Waals surface area (Å²) in [6, 6.07) is 4.30. The van der Waals surface area contributed by atoms with Gasteiger partial charge in [0.1, 0.15) is 6.54 Å². The second-order valence-corrected chi connectivity index (χ2v) is 7.45. The highest BCUT2D eigenvalue weighted by molar-refractivity contribution is 5.97. The van der Waals surface area contributed by atoms with E-state index in [1.165, 1.54) is 24.0 Å². The van der Waals surface area contributed by atoms with E-state index in [0.29, 0.717) is 5.56 Å². The third-order valence-corrected chi connectivity index (χ3v) is 5.28. The van der Waals surface area contributed by atoms with Crippen LogP contribution in [0, 0.1) is 0 Å². The SMILES string of the molecule is CCOC(=O)C1=C(C)N(CC(=O)NC(C)CC)C(=O)CC1c1ccc(C(F)(F)F)cc1. The summed E-state index contributed by atoms with van der Waals surface area (Å²) in [4.78, 5) is 39.0. The van der Waals surface area contributed by atoms with E-state index in [2.05, 4.69) is 5.32 Å². The minimum atomic E-state index is -4.49. The van der Waals surface area contributed by atoms with Gasteiger partial charge in [-0.05, 0) is 44.9 Å². The van der Waals surface area contributed by atoms with Crippen molar-refractivity contribution in [2.45, 2.75) is 58.7 Å². The van der Waals surface area contributed by atoms with E-state index in [1.54, 1.807) is 6.92 Å². The molecule has 2 atom stereocenters. The van der Waals surface area contributed by atoms with Gasteiger partial charge in [0.15, 0.2) is 0 Å². The predicted octanol–water partition coefficient (Wildman–Crippen LogP) is 3.77. The van der Waals surface area contributed by atoms with Gasteiger partial charge in [-0.15, -0.1) is 0 Å². The Labute approximate surface area is 179 Å². The van der Waals surface area contributed by atoms with E-state index in [-0.39, 0.29) is 42.8 Å². The van der Waals surface area contributed by atoms with Gasteiger partial charge >= 0.3 is 12.1 Å². The summed E-state index contributed by atoms with van der Waals surface area (Å²) in [5.74, 6) is -2.18. The number of carbonyl (C=O) groups is 3. The smallest absolute Gasteiger partial charge is 0.416 e. The predicted molar refractivity (Wildman–Crippen MR) is 108 cm³/mol. The molecule has 0 aromatic heterocycles. The maximum Gasteiger partial charge on any atom is 0.416 e. The van der Waals surface area contributed by atoms with Crippen LogP contribution in [0.4, 0.5) is 13.2 Å². The van der Waals surface area contributed by atoms with Gasteiger partial charge in [-0.3, -0.25) is 9.59 Å². The van der Waals surface area contributed by atoms with Gasteiger partial charge in [-0.25, -0.2) is 4.79 Å². The molecule has 0 saturated heterocycles. The first-order chi connectivity index (χ1) is 14.5. The fraction of sp³-hybridized carbons (Fsp3) is 0.500. The molecule has 1 aromatic rings. The van der Waals surface area contributed by atoms with Gasteiger partial charge in [0.2, 0.25) is 11.8 Å². The zero-order valence-corrected chi connectivity index (χ0v) is 18.0. The summed E-state index contributed by atoms with van der Waals surface area (Å²) in [7, 11) is 0. The number of carbonyl (C=O) groups excluding carboxylic acids is 3. The Morgan fingerprint density at radius 1 is 1.23 bits per heavy atom. The number of rotatable bonds is 7. The number of benzene rings is 1. The molecule has 1 heterocycles. The standard InChI is InChI=1S/C22H27F3N2O4/c1-5-13(3)26-18(28)12-27-14(4)20(21(30)31-6-2)17(11-19(27)29)15-7-9-16(10-8-15)22(23,24)25/h7-10,13,17H,5-6,11-12H2,1-4H3,(H,26,28). The molecule has 170 valence electrons. The van der Waals surface area contributed by atoms with Crippen LogP contribution in [0.5, 0.6) is 0 Å². The number of halogens is 3. The molecule has 2 rings (SSSR count). The van der Waals surface area contributed by atoms with Crippen molar-refractivity contribution in [2.75, 3.05) is 13.2 Å². The highest BCUT2D eigenvalue weighted by Crippen LogP contribution is 2.38. The van der Waals surface area contributed by atoms with Crippen LogP contribution in [0.1, 0.15) is 57.6 Å². The Balaban J connectivity index is 2.41. The lowest BCUT2D eigenvalue weighted by atomic mass is 9.83. The zero-order valence-electron chi connectivity index (χ0n) is 18.0. The van der Waals surface area contributed by atoms with Crippen LogP contribution >= 0.6 is 0 Å². The molecule has 9 heteroatoms. The van der Waals surface area contributed by atoms with E-state index in [1.807, 2.05) is 13.8 Å². The number of alkyl halides is 3. The molecule has 6 nitrogen and oxygen atoms in total. The molecular weight excluding hydrogens is 413 g/mol. The molecule has 1 aliphatic rings. The Morgan fingerprint density at radius 2 is 1.84 bits per heavy atom. The fourth-order valence-electron chi connectivity index (χ4n) is 3.43. The normalized spacial score (nSPS) is 18.1. The Bertz CT molecular complexity index is 863. The van der Waals surface area contributed by atoms with Crippen molar-refractivity contribution in [1.29, 1.82) is 0 Å². The first-order valence-electron chi connectivity index (χ1n) is 10.1. The molecule has 0 spiro atoms. The van der Waals surface area contributed by atoms with Gasteiger partial charge in [-0.2, -0.15) is 13.2 Å². The monoisotopic (exact) mass is 440 g/mol. The number of ether oxygens (including phenoxy) is 1. The van der Waals surface area contributed by atoms with Crippen molar-refractivity contribution in [3.05, 3.63) is 46.7 Å². The van der Waals surface area contributed by atoms with Crippen LogP contribution < -0.4 is 5.32 Å². The quantitative estimate of drug-likeness (QED) is 0.655. The Kier molecular flexibility index (Phi) is 7.86. The zero-order chi connectivity index (χ0) is 23.3. The van der Waals surface area contributed by atoms with Gasteiger partial charge in [0.05, 0.1) is 17.7 Å². The lowest BCUT2D eigenvalue weighted by molar-refractivity contribution is -0.141. The van der Waals surface area contributed by atoms with Gasteiger partial charge < -0.3 is 15.0 Å². The summed E-state index contributed by atoms with van der Waals surface area (Å²) >= 11 is 0. The van der Waals surface area contributed by atoms with Crippen LogP contribution in [0.15, 0.2) is 35.5 Å². The topological polar surface area (TPSA) is 75.7 Å². The van der Waals surface area contributed by atoms with E-state index in [0.717, 1.165) is 18.6 Å². The number of allylic oxidation sites excluding steroid dienone is 1. The molecule has 2 amide bonds. The summed E-state index contributed by atoms with van der Waals surface area (Å²) in [5, 5.41) is 2.77. The molecular formula is C22H27F3N2O4. The van der Waals surface area contributed by atoms with E-state index >= 15 is 0 Å². The highest BCUT2D eigenvalue weighted by Gasteiger charge is 2.38. The van der Waals surface area contributed by atoms with Gasteiger partial charge in [-0.1, -0.05) is 19.1 Å². The summed E-state index contributed by atoms with van der Waals surface area (Å²) in [6.07, 6.45) is -3.93. The minimum Gasteiger partial charge on any atom is -0.463 e. The molecule has 1 N–H and O–H groups in total. The molecule has 0 aliphatic carbocycles. The molecule has 1 aromatic carbocycles. The van der Waals surface area contributed by atoms with Gasteiger partial charge in [0, 0.05) is 24.1 Å². The van der Waals surface area contributed by atoms with Crippen LogP contribution in [0.25, 0.3) is 0 Å². The van der Waals surface area contributed by atoms with E-state index in [4.69, 9.17) is 4.74 Å². The Morgan fingerprint density at radius 3 is 2.35 bits per heavy atom. The average molecular weight is 440 g/mol. The molecule has 2 unspecified atom stereocenters. The molecule has 0 radical (unpaired) electrons. The van der Waals surface area contributed by atoms with Crippen molar-refractivity contribution < 1.29 is 32.3 Å². The molecule has 1 aliphatic heterocycles. The molecule has 0 bridgehead atoms. The summed E-state index contributed by atoms with van der Waals surface area (Å²) < 4.78 is 43.8. The Hall–Kier alpha value is -2.84. The average Bonchev–Trinajstić information content (AvgIpc) is 2.70. The van der Waals surface area contributed by atoms with Crippen LogP contribution in [-0.4, -0.2) is 41.9 Å². The summed E-state index contributed by atoms with van der Waals surface area (Å²) in [5.41, 5.74) is 0.00372. The van der Waals surface area contributed by atoms with E-state index in [9.17, 15) is 27.6 Å². The van der Waals surface area contributed by atoms with E-state index < -0.39 is 29.5 Å². The number of nitrogens with one attached hydrogen (secondary N) is 1. The van der Waals surface area contributed by atoms with Crippen molar-refractivity contribution in [3.63, 3.8) is 0 Å². The second kappa shape index (κ2) is 9.98. The van der Waals surface area contributed by atoms with Crippen molar-refractivity contribution in [3.8, 4) is 0 Å². The van der Waals surface area contributed by atoms with Crippen LogP contribution in [-0.2, 0) is 25.3 Å². The molecule has 0 fully saturated rings. The van der Waals surface area contributed by atoms with Crippen LogP contribution in [0.3, 0.4) is 0 Å². The second-order valence-electron chi connectivity index (χ2n) is 7.45. The van der Waals surface area contributed by atoms with Crippen LogP contribution in [0.2, 0.25) is 0 Å². The largest absolute Gasteiger partial charge is 0.463 e. The fourth-order valence-corrected chi connectivity index (χ4v) is 3.43. The first-order valence-corrected chi connectivity index (χ1v) is 10.1. The maximum atomic E-state index is 12.9. The first kappa shape index (κ1) is 24.4. The number of hydrogen-bond acceptors (Lipinski definition) is 4.